The van der Waals surface area contributed by atoms with E-state index in [1.807, 2.05) is 6.92 Å². The lowest BCUT2D eigenvalue weighted by molar-refractivity contribution is -0.140. The van der Waals surface area contributed by atoms with E-state index < -0.39 is 34.7 Å². The number of aryl methyl sites for hydroxylation is 2. The quantitative estimate of drug-likeness (QED) is 0.0330. The molecule has 1 unspecified atom stereocenters. The van der Waals surface area contributed by atoms with Crippen LogP contribution in [0.2, 0.25) is 0 Å². The summed E-state index contributed by atoms with van der Waals surface area (Å²) >= 11 is 0. The highest BCUT2D eigenvalue weighted by molar-refractivity contribution is 5.87. The molecule has 2 aromatic heterocycles. The maximum atomic E-state index is 16.1. The topological polar surface area (TPSA) is 166 Å². The third-order valence-electron chi connectivity index (χ3n) is 8.78. The van der Waals surface area contributed by atoms with Crippen LogP contribution in [0.1, 0.15) is 61.4 Å². The van der Waals surface area contributed by atoms with Gasteiger partial charge in [-0.2, -0.15) is 0 Å². The smallest absolute Gasteiger partial charge is 0.305 e. The largest absolute Gasteiger partial charge is 0.469 e. The molecule has 0 fully saturated rings. The number of hydrogen-bond acceptors (Lipinski definition) is 6. The Morgan fingerprint density at radius 2 is 1.88 bits per heavy atom. The fraction of sp³-hybridized carbons (Fsp3) is 0.306. The number of hydrogen-bond donors (Lipinski definition) is 3. The van der Waals surface area contributed by atoms with Crippen LogP contribution < -0.4 is 4.74 Å². The van der Waals surface area contributed by atoms with Crippen LogP contribution >= 0.6 is 0 Å². The Hall–Kier alpha value is -5.59. The number of aliphatic hydroxyl groups is 1. The van der Waals surface area contributed by atoms with Gasteiger partial charge < -0.3 is 24.5 Å². The Balaban J connectivity index is 1.50. The molecule has 3 aromatic carbocycles. The minimum absolute atomic E-state index is 0.00183. The predicted octanol–water partition coefficient (Wildman–Crippen LogP) is 8.11. The molecule has 1 amide bonds. The van der Waals surface area contributed by atoms with Crippen LogP contribution in [0.3, 0.4) is 0 Å². The van der Waals surface area contributed by atoms with Crippen molar-refractivity contribution in [2.75, 3.05) is 13.7 Å². The molecule has 0 radical (unpaired) electrons. The van der Waals surface area contributed by atoms with E-state index in [2.05, 4.69) is 25.0 Å². The first-order valence-corrected chi connectivity index (χ1v) is 15.9. The van der Waals surface area contributed by atoms with Crippen molar-refractivity contribution in [2.45, 2.75) is 57.3 Å². The number of amides is 1. The Labute approximate surface area is 285 Å². The van der Waals surface area contributed by atoms with Crippen molar-refractivity contribution in [2.24, 2.45) is 5.11 Å². The molecular formula is C36H35F3N6O5. The summed E-state index contributed by atoms with van der Waals surface area (Å²) in [5.74, 6) is -3.05. The molecule has 3 N–H and O–H groups in total. The molecule has 14 heteroatoms. The summed E-state index contributed by atoms with van der Waals surface area (Å²) in [7, 11) is 1.27. The van der Waals surface area contributed by atoms with Crippen LogP contribution in [0.4, 0.5) is 13.2 Å². The number of rotatable bonds is 15. The van der Waals surface area contributed by atoms with Crippen molar-refractivity contribution in [3.05, 3.63) is 111 Å². The van der Waals surface area contributed by atoms with Gasteiger partial charge in [0, 0.05) is 70.4 Å². The number of nitrogens with one attached hydrogen (secondary N) is 2. The van der Waals surface area contributed by atoms with E-state index in [9.17, 15) is 14.7 Å². The van der Waals surface area contributed by atoms with Gasteiger partial charge in [-0.1, -0.05) is 18.2 Å². The van der Waals surface area contributed by atoms with Gasteiger partial charge in [-0.3, -0.25) is 9.59 Å². The average molecular weight is 689 g/mol. The van der Waals surface area contributed by atoms with Crippen LogP contribution in [-0.4, -0.2) is 45.7 Å². The number of halogens is 3. The van der Waals surface area contributed by atoms with Crippen molar-refractivity contribution < 1.29 is 37.3 Å². The predicted molar refractivity (Wildman–Crippen MR) is 179 cm³/mol. The molecule has 50 heavy (non-hydrogen) atoms. The third kappa shape index (κ3) is 7.66. The number of azide groups is 1. The molecule has 11 nitrogen and oxygen atoms in total. The fourth-order valence-electron chi connectivity index (χ4n) is 6.06. The molecule has 2 heterocycles. The number of aromatic amines is 2. The molecule has 260 valence electrons. The molecular weight excluding hydrogens is 653 g/mol. The molecule has 0 saturated heterocycles. The normalized spacial score (nSPS) is 12.4. The lowest BCUT2D eigenvalue weighted by Crippen LogP contribution is -2.26. The van der Waals surface area contributed by atoms with Crippen LogP contribution in [0.25, 0.3) is 32.7 Å². The van der Waals surface area contributed by atoms with E-state index in [1.54, 1.807) is 30.5 Å². The minimum atomic E-state index is -0.993. The molecule has 0 aliphatic carbocycles. The zero-order valence-electron chi connectivity index (χ0n) is 27.4. The van der Waals surface area contributed by atoms with E-state index in [4.69, 9.17) is 15.0 Å². The standard InChI is InChI=1S/C36H35F3N6O5/c1-36(15-3-4-17-46,26-7-5-6-21(33(26)39)8-13-32(48)49-2)30-20-42-35(43-30)25-18-22(9-11-27(25)37)50-34-24(10-12-31(47)44-45-40)23-14-16-41-29(23)19-28(34)38/h5-7,9,11,14,16,18-20,41,46H,3-4,8,10,12-13,15,17H2,1-2H3,(H,42,43). The minimum Gasteiger partial charge on any atom is -0.469 e. The number of fused-ring (bicyclic) bond motifs is 1. The second kappa shape index (κ2) is 15.7. The third-order valence-corrected chi connectivity index (χ3v) is 8.78. The number of aromatic nitrogens is 3. The maximum Gasteiger partial charge on any atom is 0.305 e. The van der Waals surface area contributed by atoms with Gasteiger partial charge in [0.15, 0.2) is 11.6 Å². The Kier molecular flexibility index (Phi) is 11.2. The molecule has 0 bridgehead atoms. The van der Waals surface area contributed by atoms with Crippen LogP contribution in [0, 0.1) is 17.5 Å². The number of H-pyrrole nitrogens is 2. The number of unbranched alkanes of at least 4 members (excludes halogenated alkanes) is 1. The van der Waals surface area contributed by atoms with Gasteiger partial charge in [-0.15, -0.1) is 0 Å². The summed E-state index contributed by atoms with van der Waals surface area (Å²) in [4.78, 5) is 36.7. The summed E-state index contributed by atoms with van der Waals surface area (Å²) in [6.07, 6.45) is 4.48. The first kappa shape index (κ1) is 35.7. The molecule has 5 rings (SSSR count). The lowest BCUT2D eigenvalue weighted by Gasteiger charge is -2.30. The van der Waals surface area contributed by atoms with Crippen LogP contribution in [0.5, 0.6) is 11.5 Å². The van der Waals surface area contributed by atoms with Gasteiger partial charge in [0.25, 0.3) is 0 Å². The van der Waals surface area contributed by atoms with E-state index in [1.165, 1.54) is 31.5 Å². The summed E-state index contributed by atoms with van der Waals surface area (Å²) in [6, 6.07) is 11.7. The van der Waals surface area contributed by atoms with E-state index in [0.29, 0.717) is 52.5 Å². The summed E-state index contributed by atoms with van der Waals surface area (Å²) in [6.45, 7) is 1.78. The van der Waals surface area contributed by atoms with Crippen molar-refractivity contribution in [1.29, 1.82) is 0 Å². The van der Waals surface area contributed by atoms with Gasteiger partial charge >= 0.3 is 5.97 Å². The Bertz CT molecular complexity index is 2070. The number of esters is 1. The van der Waals surface area contributed by atoms with E-state index >= 15 is 13.2 Å². The summed E-state index contributed by atoms with van der Waals surface area (Å²) < 4.78 is 57.6. The number of ether oxygens (including phenoxy) is 2. The van der Waals surface area contributed by atoms with Gasteiger partial charge in [0.2, 0.25) is 5.91 Å². The fourth-order valence-corrected chi connectivity index (χ4v) is 6.06. The Morgan fingerprint density at radius 3 is 2.64 bits per heavy atom. The first-order valence-electron chi connectivity index (χ1n) is 15.9. The van der Waals surface area contributed by atoms with Gasteiger partial charge in [-0.25, -0.2) is 18.2 Å². The number of methoxy groups -OCH3 is 1. The van der Waals surface area contributed by atoms with Crippen molar-refractivity contribution in [3.63, 3.8) is 0 Å². The highest BCUT2D eigenvalue weighted by atomic mass is 19.1. The average Bonchev–Trinajstić information content (AvgIpc) is 3.79. The molecule has 0 aliphatic rings. The summed E-state index contributed by atoms with van der Waals surface area (Å²) in [5.41, 5.74) is 9.59. The SMILES string of the molecule is COC(=O)CCc1cccc(C(C)(CCCCO)c2cnc(-c3cc(Oc4c(F)cc5[nH]ccc5c4CCC(=O)N=[N+]=[N-])ccc3F)[nH]2)c1F. The van der Waals surface area contributed by atoms with Gasteiger partial charge in [0.05, 0.1) is 12.7 Å². The zero-order valence-corrected chi connectivity index (χ0v) is 27.4. The number of carbonyl (C=O) groups is 2. The summed E-state index contributed by atoms with van der Waals surface area (Å²) in [5, 5.41) is 13.1. The lowest BCUT2D eigenvalue weighted by atomic mass is 9.75. The monoisotopic (exact) mass is 688 g/mol. The van der Waals surface area contributed by atoms with Crippen molar-refractivity contribution in [1.82, 2.24) is 15.0 Å². The number of benzene rings is 3. The van der Waals surface area contributed by atoms with E-state index in [-0.39, 0.29) is 55.2 Å². The molecule has 1 atom stereocenters. The highest BCUT2D eigenvalue weighted by Crippen LogP contribution is 2.40. The van der Waals surface area contributed by atoms with Gasteiger partial charge in [-0.05, 0) is 85.1 Å². The number of imidazole rings is 1. The number of aliphatic hydroxyl groups excluding tert-OH is 1. The second-order valence-corrected chi connectivity index (χ2v) is 11.9. The van der Waals surface area contributed by atoms with Gasteiger partial charge in [0.1, 0.15) is 23.2 Å². The van der Waals surface area contributed by atoms with Crippen molar-refractivity contribution in [3.8, 4) is 22.9 Å². The van der Waals surface area contributed by atoms with Crippen LogP contribution in [0.15, 0.2) is 66.0 Å². The molecule has 0 spiro atoms. The first-order chi connectivity index (χ1) is 24.1. The molecule has 0 aliphatic heterocycles. The Morgan fingerprint density at radius 1 is 1.06 bits per heavy atom. The molecule has 5 aromatic rings. The maximum absolute atomic E-state index is 16.1. The van der Waals surface area contributed by atoms with Crippen LogP contribution in [-0.2, 0) is 32.6 Å². The zero-order chi connectivity index (χ0) is 35.8. The highest BCUT2D eigenvalue weighted by Gasteiger charge is 2.34. The number of carbonyl (C=O) groups excluding carboxylic acids is 2. The van der Waals surface area contributed by atoms with Crippen molar-refractivity contribution >= 4 is 22.8 Å². The second-order valence-electron chi connectivity index (χ2n) is 11.9. The molecule has 0 saturated carbocycles. The number of nitrogens with zero attached hydrogens (tertiary/aromatic N) is 4. The van der Waals surface area contributed by atoms with E-state index in [0.717, 1.165) is 6.07 Å².